The van der Waals surface area contributed by atoms with Crippen LogP contribution in [0.25, 0.3) is 0 Å². The van der Waals surface area contributed by atoms with E-state index >= 15 is 0 Å². The molecule has 0 rings (SSSR count). The Labute approximate surface area is 156 Å². The third kappa shape index (κ3) is 16.0. The van der Waals surface area contributed by atoms with Gasteiger partial charge in [0.05, 0.1) is 13.2 Å². The summed E-state index contributed by atoms with van der Waals surface area (Å²) in [5, 5.41) is 0. The molecule has 0 aliphatic carbocycles. The molecule has 0 saturated carbocycles. The fourth-order valence-corrected chi connectivity index (χ4v) is 2.32. The van der Waals surface area contributed by atoms with E-state index in [4.69, 9.17) is 32.4 Å². The molecule has 0 aromatic carbocycles. The highest BCUT2D eigenvalue weighted by molar-refractivity contribution is 5.91. The largest absolute Gasteiger partial charge is 0.463 e. The molecule has 8 nitrogen and oxygen atoms in total. The molecule has 0 aliphatic heterocycles. The Kier molecular flexibility index (Phi) is 16.0. The van der Waals surface area contributed by atoms with Crippen LogP contribution in [0.15, 0.2) is 12.2 Å². The zero-order chi connectivity index (χ0) is 19.6. The third-order valence-electron chi connectivity index (χ3n) is 3.84. The number of hydrogen-bond acceptors (Lipinski definition) is 8. The van der Waals surface area contributed by atoms with Crippen LogP contribution in [0, 0.1) is 0 Å². The fraction of sp³-hybridized carbons (Fsp3) is 0.778. The summed E-state index contributed by atoms with van der Waals surface area (Å²) >= 11 is 0. The Hall–Kier alpha value is -1.48. The van der Waals surface area contributed by atoms with E-state index in [1.165, 1.54) is 0 Å². The molecular weight excluding hydrogens is 336 g/mol. The van der Waals surface area contributed by atoms with Gasteiger partial charge in [-0.25, -0.2) is 9.59 Å². The second-order valence-electron chi connectivity index (χ2n) is 6.33. The summed E-state index contributed by atoms with van der Waals surface area (Å²) < 4.78 is 10.0. The van der Waals surface area contributed by atoms with Gasteiger partial charge in [0, 0.05) is 24.2 Å². The van der Waals surface area contributed by atoms with E-state index in [2.05, 4.69) is 0 Å². The molecule has 0 radical (unpaired) electrons. The van der Waals surface area contributed by atoms with Crippen LogP contribution >= 0.6 is 0 Å². The number of carbonyl (C=O) groups is 2. The molecule has 0 aliphatic rings. The molecular formula is C18H36N4O4. The molecule has 0 heterocycles. The fourth-order valence-electron chi connectivity index (χ4n) is 2.32. The summed E-state index contributed by atoms with van der Waals surface area (Å²) in [4.78, 5) is 23.0. The summed E-state index contributed by atoms with van der Waals surface area (Å²) in [5.74, 6) is -1.14. The van der Waals surface area contributed by atoms with Crippen LogP contribution in [0.5, 0.6) is 0 Å². The summed E-state index contributed by atoms with van der Waals surface area (Å²) in [6.07, 6.45) is 8.58. The standard InChI is InChI=1S/C18H36N4O4/c19-11-1-5-15(21)7-3-13-25-17(23)9-10-18(24)26-14-4-8-16(22)6-2-12-20/h9-10,15-16H,1-8,11-14,19-22H2/b10-9+. The molecule has 0 aromatic rings. The minimum Gasteiger partial charge on any atom is -0.463 e. The number of rotatable bonds is 16. The van der Waals surface area contributed by atoms with Crippen LogP contribution in [-0.4, -0.2) is 50.3 Å². The van der Waals surface area contributed by atoms with Crippen molar-refractivity contribution in [2.45, 2.75) is 63.5 Å². The van der Waals surface area contributed by atoms with Crippen molar-refractivity contribution < 1.29 is 19.1 Å². The second-order valence-corrected chi connectivity index (χ2v) is 6.33. The predicted octanol–water partition coefficient (Wildman–Crippen LogP) is 0.322. The first-order valence-corrected chi connectivity index (χ1v) is 9.42. The highest BCUT2D eigenvalue weighted by Gasteiger charge is 2.05. The Morgan fingerprint density at radius 1 is 0.692 bits per heavy atom. The second kappa shape index (κ2) is 17.0. The van der Waals surface area contributed by atoms with Gasteiger partial charge in [0.25, 0.3) is 0 Å². The number of carbonyl (C=O) groups excluding carboxylic acids is 2. The van der Waals surface area contributed by atoms with E-state index in [1.54, 1.807) is 0 Å². The van der Waals surface area contributed by atoms with Gasteiger partial charge in [-0.3, -0.25) is 0 Å². The maximum absolute atomic E-state index is 11.5. The molecule has 0 bridgehead atoms. The summed E-state index contributed by atoms with van der Waals surface area (Å²) in [5.41, 5.74) is 22.6. The van der Waals surface area contributed by atoms with E-state index in [-0.39, 0.29) is 25.3 Å². The molecule has 2 atom stereocenters. The average molecular weight is 373 g/mol. The third-order valence-corrected chi connectivity index (χ3v) is 3.84. The first kappa shape index (κ1) is 24.5. The van der Waals surface area contributed by atoms with E-state index in [1.807, 2.05) is 0 Å². The molecule has 8 heteroatoms. The zero-order valence-corrected chi connectivity index (χ0v) is 15.7. The average Bonchev–Trinajstić information content (AvgIpc) is 2.63. The van der Waals surface area contributed by atoms with Crippen molar-refractivity contribution in [3.63, 3.8) is 0 Å². The van der Waals surface area contributed by atoms with Crippen molar-refractivity contribution in [2.75, 3.05) is 26.3 Å². The lowest BCUT2D eigenvalue weighted by atomic mass is 10.1. The van der Waals surface area contributed by atoms with Crippen molar-refractivity contribution in [2.24, 2.45) is 22.9 Å². The first-order valence-electron chi connectivity index (χ1n) is 9.42. The summed E-state index contributed by atoms with van der Waals surface area (Å²) in [6, 6.07) is 0.150. The van der Waals surface area contributed by atoms with Crippen LogP contribution in [0.2, 0.25) is 0 Å². The quantitative estimate of drug-likeness (QED) is 0.171. The molecule has 26 heavy (non-hydrogen) atoms. The topological polar surface area (TPSA) is 157 Å². The molecule has 0 spiro atoms. The van der Waals surface area contributed by atoms with Gasteiger partial charge in [0.2, 0.25) is 0 Å². The monoisotopic (exact) mass is 372 g/mol. The van der Waals surface area contributed by atoms with Crippen LogP contribution in [0.4, 0.5) is 0 Å². The smallest absolute Gasteiger partial charge is 0.331 e. The summed E-state index contributed by atoms with van der Waals surface area (Å²) in [6.45, 7) is 1.81. The Morgan fingerprint density at radius 2 is 1.04 bits per heavy atom. The Balaban J connectivity index is 3.68. The van der Waals surface area contributed by atoms with Crippen LogP contribution in [0.3, 0.4) is 0 Å². The Bertz CT molecular complexity index is 369. The number of ether oxygens (including phenoxy) is 2. The number of esters is 2. The highest BCUT2D eigenvalue weighted by Crippen LogP contribution is 2.03. The molecule has 8 N–H and O–H groups in total. The maximum Gasteiger partial charge on any atom is 0.331 e. The van der Waals surface area contributed by atoms with Crippen molar-refractivity contribution in [3.05, 3.63) is 12.2 Å². The Morgan fingerprint density at radius 3 is 1.38 bits per heavy atom. The van der Waals surface area contributed by atoms with Gasteiger partial charge in [-0.2, -0.15) is 0 Å². The molecule has 0 amide bonds. The van der Waals surface area contributed by atoms with Gasteiger partial charge in [-0.15, -0.1) is 0 Å². The van der Waals surface area contributed by atoms with Gasteiger partial charge in [0.1, 0.15) is 0 Å². The van der Waals surface area contributed by atoms with Gasteiger partial charge < -0.3 is 32.4 Å². The lowest BCUT2D eigenvalue weighted by molar-refractivity contribution is -0.140. The van der Waals surface area contributed by atoms with E-state index in [0.29, 0.717) is 25.9 Å². The van der Waals surface area contributed by atoms with Gasteiger partial charge >= 0.3 is 11.9 Å². The van der Waals surface area contributed by atoms with Crippen molar-refractivity contribution in [1.29, 1.82) is 0 Å². The first-order chi connectivity index (χ1) is 12.5. The van der Waals surface area contributed by atoms with Crippen LogP contribution in [0.1, 0.15) is 51.4 Å². The van der Waals surface area contributed by atoms with Crippen LogP contribution < -0.4 is 22.9 Å². The van der Waals surface area contributed by atoms with Crippen molar-refractivity contribution >= 4 is 11.9 Å². The maximum atomic E-state index is 11.5. The number of hydrogen-bond donors (Lipinski definition) is 4. The van der Waals surface area contributed by atoms with Gasteiger partial charge in [0.15, 0.2) is 0 Å². The van der Waals surface area contributed by atoms with Crippen molar-refractivity contribution in [3.8, 4) is 0 Å². The van der Waals surface area contributed by atoms with Gasteiger partial charge in [-0.05, 0) is 64.5 Å². The lowest BCUT2D eigenvalue weighted by Gasteiger charge is -2.10. The summed E-state index contributed by atoms with van der Waals surface area (Å²) in [7, 11) is 0. The van der Waals surface area contributed by atoms with E-state index in [9.17, 15) is 9.59 Å². The van der Waals surface area contributed by atoms with E-state index in [0.717, 1.165) is 50.7 Å². The van der Waals surface area contributed by atoms with Crippen LogP contribution in [-0.2, 0) is 19.1 Å². The normalized spacial score (nSPS) is 13.5. The molecule has 0 aromatic heterocycles. The zero-order valence-electron chi connectivity index (χ0n) is 15.7. The molecule has 0 fully saturated rings. The number of nitrogens with two attached hydrogens (primary N) is 4. The molecule has 152 valence electrons. The van der Waals surface area contributed by atoms with Gasteiger partial charge in [-0.1, -0.05) is 0 Å². The predicted molar refractivity (Wildman–Crippen MR) is 102 cm³/mol. The minimum absolute atomic E-state index is 0.0752. The highest BCUT2D eigenvalue weighted by atomic mass is 16.5. The lowest BCUT2D eigenvalue weighted by Crippen LogP contribution is -2.21. The van der Waals surface area contributed by atoms with Crippen molar-refractivity contribution in [1.82, 2.24) is 0 Å². The molecule has 0 saturated heterocycles. The SMILES string of the molecule is NCCCC(N)CCCOC(=O)/C=C/C(=O)OCCCC(N)CCCN. The van der Waals surface area contributed by atoms with E-state index < -0.39 is 11.9 Å². The molecule has 2 unspecified atom stereocenters. The minimum atomic E-state index is -0.568.